The van der Waals surface area contributed by atoms with Gasteiger partial charge in [-0.15, -0.1) is 0 Å². The second-order valence-electron chi connectivity index (χ2n) is 6.77. The summed E-state index contributed by atoms with van der Waals surface area (Å²) < 4.78 is 0. The molecule has 0 radical (unpaired) electrons. The first-order valence-electron chi connectivity index (χ1n) is 11.0. The van der Waals surface area contributed by atoms with Crippen molar-refractivity contribution in [1.29, 1.82) is 0 Å². The summed E-state index contributed by atoms with van der Waals surface area (Å²) in [5.41, 5.74) is 1.65. The Bertz CT molecular complexity index is 582. The average molecular weight is 407 g/mol. The third kappa shape index (κ3) is 10.4. The second kappa shape index (κ2) is 15.9. The SMILES string of the molecule is CC.CC.CCC(=O)NCc1cccc(C(=O)N2CCN(CCN(C)C)CC2)c1. The highest BCUT2D eigenvalue weighted by Gasteiger charge is 2.22. The van der Waals surface area contributed by atoms with Gasteiger partial charge >= 0.3 is 0 Å². The number of hydrogen-bond acceptors (Lipinski definition) is 4. The fraction of sp³-hybridized carbons (Fsp3) is 0.652. The van der Waals surface area contributed by atoms with Crippen LogP contribution in [0.2, 0.25) is 0 Å². The molecule has 0 aliphatic carbocycles. The zero-order valence-electron chi connectivity index (χ0n) is 19.6. The Morgan fingerprint density at radius 1 is 1.03 bits per heavy atom. The molecule has 1 saturated heterocycles. The quantitative estimate of drug-likeness (QED) is 0.756. The van der Waals surface area contributed by atoms with Crippen LogP contribution < -0.4 is 5.32 Å². The Balaban J connectivity index is 0.00000184. The molecule has 1 aromatic carbocycles. The summed E-state index contributed by atoms with van der Waals surface area (Å²) in [4.78, 5) is 30.6. The number of nitrogens with zero attached hydrogens (tertiary/aromatic N) is 3. The van der Waals surface area contributed by atoms with Crippen LogP contribution in [0, 0.1) is 0 Å². The minimum atomic E-state index is 0.0191. The van der Waals surface area contributed by atoms with Crippen LogP contribution in [-0.4, -0.2) is 79.9 Å². The number of benzene rings is 1. The van der Waals surface area contributed by atoms with Gasteiger partial charge in [0.05, 0.1) is 0 Å². The zero-order valence-corrected chi connectivity index (χ0v) is 19.6. The summed E-state index contributed by atoms with van der Waals surface area (Å²) in [6.07, 6.45) is 0.469. The van der Waals surface area contributed by atoms with E-state index in [0.717, 1.165) is 44.8 Å². The van der Waals surface area contributed by atoms with E-state index in [4.69, 9.17) is 0 Å². The van der Waals surface area contributed by atoms with Gasteiger partial charge < -0.3 is 15.1 Å². The van der Waals surface area contributed by atoms with Gasteiger partial charge in [0.15, 0.2) is 0 Å². The molecule has 1 fully saturated rings. The largest absolute Gasteiger partial charge is 0.352 e. The molecule has 1 aliphatic heterocycles. The van der Waals surface area contributed by atoms with E-state index in [-0.39, 0.29) is 11.8 Å². The van der Waals surface area contributed by atoms with Crippen LogP contribution in [0.4, 0.5) is 0 Å². The van der Waals surface area contributed by atoms with Gasteiger partial charge in [0.2, 0.25) is 5.91 Å². The summed E-state index contributed by atoms with van der Waals surface area (Å²) in [5, 5.41) is 2.85. The lowest BCUT2D eigenvalue weighted by molar-refractivity contribution is -0.120. The zero-order chi connectivity index (χ0) is 22.2. The van der Waals surface area contributed by atoms with Crippen LogP contribution in [-0.2, 0) is 11.3 Å². The molecule has 0 saturated carbocycles. The molecule has 1 N–H and O–H groups in total. The summed E-state index contributed by atoms with van der Waals surface area (Å²) in [5.74, 6) is 0.0986. The van der Waals surface area contributed by atoms with Gasteiger partial charge in [-0.05, 0) is 31.8 Å². The van der Waals surface area contributed by atoms with Gasteiger partial charge in [0.1, 0.15) is 0 Å². The standard InChI is InChI=1S/C19H30N4O2.2C2H6/c1-4-18(24)20-15-16-6-5-7-17(14-16)19(25)23-12-10-22(11-13-23)9-8-21(2)3;2*1-2/h5-7,14H,4,8-13,15H2,1-3H3,(H,20,24);2*1-2H3. The first-order chi connectivity index (χ1) is 14.0. The first kappa shape index (κ1) is 27.1. The molecule has 1 heterocycles. The van der Waals surface area contributed by atoms with Crippen LogP contribution in [0.15, 0.2) is 24.3 Å². The molecular weight excluding hydrogens is 364 g/mol. The number of carbonyl (C=O) groups excluding carboxylic acids is 2. The second-order valence-corrected chi connectivity index (χ2v) is 6.77. The van der Waals surface area contributed by atoms with E-state index in [1.54, 1.807) is 0 Å². The van der Waals surface area contributed by atoms with E-state index in [1.165, 1.54) is 0 Å². The predicted octanol–water partition coefficient (Wildman–Crippen LogP) is 3.08. The molecule has 0 spiro atoms. The summed E-state index contributed by atoms with van der Waals surface area (Å²) >= 11 is 0. The van der Waals surface area contributed by atoms with Gasteiger partial charge in [-0.25, -0.2) is 0 Å². The minimum Gasteiger partial charge on any atom is -0.352 e. The number of rotatable bonds is 7. The minimum absolute atomic E-state index is 0.0191. The topological polar surface area (TPSA) is 55.9 Å². The smallest absolute Gasteiger partial charge is 0.253 e. The van der Waals surface area contributed by atoms with Gasteiger partial charge in [-0.3, -0.25) is 14.5 Å². The van der Waals surface area contributed by atoms with Crippen LogP contribution in [0.1, 0.15) is 57.0 Å². The van der Waals surface area contributed by atoms with E-state index >= 15 is 0 Å². The van der Waals surface area contributed by atoms with Crippen molar-refractivity contribution in [3.05, 3.63) is 35.4 Å². The summed E-state index contributed by atoms with van der Waals surface area (Å²) in [6.45, 7) is 15.8. The molecule has 0 unspecified atom stereocenters. The Kier molecular flexibility index (Phi) is 14.9. The fourth-order valence-electron chi connectivity index (χ4n) is 2.84. The van der Waals surface area contributed by atoms with Crippen molar-refractivity contribution < 1.29 is 9.59 Å². The lowest BCUT2D eigenvalue weighted by atomic mass is 10.1. The molecule has 1 aromatic rings. The molecule has 29 heavy (non-hydrogen) atoms. The van der Waals surface area contributed by atoms with Crippen LogP contribution in [0.3, 0.4) is 0 Å². The third-order valence-electron chi connectivity index (χ3n) is 4.51. The molecule has 2 amide bonds. The highest BCUT2D eigenvalue weighted by molar-refractivity contribution is 5.94. The normalized spacial score (nSPS) is 13.7. The number of carbonyl (C=O) groups is 2. The van der Waals surface area contributed by atoms with Crippen molar-refractivity contribution in [2.45, 2.75) is 47.6 Å². The molecule has 166 valence electrons. The number of piperazine rings is 1. The summed E-state index contributed by atoms with van der Waals surface area (Å²) in [7, 11) is 4.16. The van der Waals surface area contributed by atoms with Crippen LogP contribution in [0.5, 0.6) is 0 Å². The highest BCUT2D eigenvalue weighted by Crippen LogP contribution is 2.11. The summed E-state index contributed by atoms with van der Waals surface area (Å²) in [6, 6.07) is 7.56. The lowest BCUT2D eigenvalue weighted by Crippen LogP contribution is -2.50. The number of likely N-dealkylation sites (N-methyl/N-ethyl adjacent to an activating group) is 1. The molecule has 0 atom stereocenters. The molecule has 2 rings (SSSR count). The third-order valence-corrected chi connectivity index (χ3v) is 4.51. The van der Waals surface area contributed by atoms with Gasteiger partial charge in [0, 0.05) is 57.8 Å². The highest BCUT2D eigenvalue weighted by atomic mass is 16.2. The van der Waals surface area contributed by atoms with E-state index in [1.807, 2.05) is 63.8 Å². The van der Waals surface area contributed by atoms with Crippen LogP contribution >= 0.6 is 0 Å². The van der Waals surface area contributed by atoms with Gasteiger partial charge in [0.25, 0.3) is 5.91 Å². The molecule has 6 nitrogen and oxygen atoms in total. The molecular formula is C23H42N4O2. The van der Waals surface area contributed by atoms with Crippen molar-refractivity contribution in [3.63, 3.8) is 0 Å². The number of nitrogens with one attached hydrogen (secondary N) is 1. The van der Waals surface area contributed by atoms with E-state index in [2.05, 4.69) is 29.2 Å². The van der Waals surface area contributed by atoms with Crippen molar-refractivity contribution in [1.82, 2.24) is 20.0 Å². The van der Waals surface area contributed by atoms with Crippen molar-refractivity contribution in [3.8, 4) is 0 Å². The predicted molar refractivity (Wildman–Crippen MR) is 122 cm³/mol. The Hall–Kier alpha value is -1.92. The first-order valence-corrected chi connectivity index (χ1v) is 11.0. The molecule has 0 bridgehead atoms. The maximum Gasteiger partial charge on any atom is 0.253 e. The maximum absolute atomic E-state index is 12.7. The van der Waals surface area contributed by atoms with Gasteiger partial charge in [-0.2, -0.15) is 0 Å². The van der Waals surface area contributed by atoms with E-state index < -0.39 is 0 Å². The van der Waals surface area contributed by atoms with E-state index in [9.17, 15) is 9.59 Å². The van der Waals surface area contributed by atoms with Gasteiger partial charge in [-0.1, -0.05) is 46.8 Å². The number of hydrogen-bond donors (Lipinski definition) is 1. The fourth-order valence-corrected chi connectivity index (χ4v) is 2.84. The molecule has 0 aromatic heterocycles. The lowest BCUT2D eigenvalue weighted by Gasteiger charge is -2.35. The van der Waals surface area contributed by atoms with Crippen molar-refractivity contribution >= 4 is 11.8 Å². The molecule has 6 heteroatoms. The Morgan fingerprint density at radius 2 is 1.66 bits per heavy atom. The van der Waals surface area contributed by atoms with Crippen LogP contribution in [0.25, 0.3) is 0 Å². The Morgan fingerprint density at radius 3 is 2.21 bits per heavy atom. The monoisotopic (exact) mass is 406 g/mol. The number of amides is 2. The molecule has 1 aliphatic rings. The Labute approximate surface area is 178 Å². The van der Waals surface area contributed by atoms with Crippen molar-refractivity contribution in [2.75, 3.05) is 53.4 Å². The average Bonchev–Trinajstić information content (AvgIpc) is 2.78. The maximum atomic E-state index is 12.7. The van der Waals surface area contributed by atoms with Crippen molar-refractivity contribution in [2.24, 2.45) is 0 Å². The van der Waals surface area contributed by atoms with E-state index in [0.29, 0.717) is 18.5 Å².